The quantitative estimate of drug-likeness (QED) is 0.154. The molecule has 0 amide bonds. The van der Waals surface area contributed by atoms with Gasteiger partial charge in [0.1, 0.15) is 0 Å². The summed E-state index contributed by atoms with van der Waals surface area (Å²) >= 11 is 0. The van der Waals surface area contributed by atoms with Crippen LogP contribution in [0.2, 0.25) is 0 Å². The summed E-state index contributed by atoms with van der Waals surface area (Å²) in [5, 5.41) is 4.88. The zero-order valence-corrected chi connectivity index (χ0v) is 22.8. The summed E-state index contributed by atoms with van der Waals surface area (Å²) in [6.45, 7) is 8.57. The normalized spacial score (nSPS) is 14.3. The van der Waals surface area contributed by atoms with Gasteiger partial charge in [0.25, 0.3) is 0 Å². The van der Waals surface area contributed by atoms with Crippen molar-refractivity contribution in [2.24, 2.45) is 9.98 Å². The Kier molecular flexibility index (Phi) is 4.61. The highest BCUT2D eigenvalue weighted by Gasteiger charge is 2.38. The molecular formula is C36H28N4. The molecule has 0 spiro atoms. The molecule has 0 atom stereocenters. The highest BCUT2D eigenvalue weighted by Crippen LogP contribution is 2.52. The van der Waals surface area contributed by atoms with Gasteiger partial charge in [0.05, 0.1) is 22.1 Å². The van der Waals surface area contributed by atoms with Crippen molar-refractivity contribution in [3.05, 3.63) is 114 Å². The van der Waals surface area contributed by atoms with Gasteiger partial charge in [-0.25, -0.2) is 4.99 Å². The fourth-order valence-corrected chi connectivity index (χ4v) is 7.14. The van der Waals surface area contributed by atoms with Gasteiger partial charge in [0, 0.05) is 39.7 Å². The molecule has 2 aromatic heterocycles. The number of benzene rings is 5. The van der Waals surface area contributed by atoms with Crippen molar-refractivity contribution in [3.63, 3.8) is 0 Å². The molecule has 2 heterocycles. The third kappa shape index (κ3) is 2.80. The molecule has 8 rings (SSSR count). The van der Waals surface area contributed by atoms with Crippen LogP contribution in [0.25, 0.3) is 60.4 Å². The lowest BCUT2D eigenvalue weighted by molar-refractivity contribution is 0.664. The average Bonchev–Trinajstić information content (AvgIpc) is 3.58. The van der Waals surface area contributed by atoms with Crippen molar-refractivity contribution in [1.29, 1.82) is 0 Å². The van der Waals surface area contributed by atoms with Crippen LogP contribution >= 0.6 is 0 Å². The van der Waals surface area contributed by atoms with Crippen LogP contribution < -0.4 is 0 Å². The predicted octanol–water partition coefficient (Wildman–Crippen LogP) is 8.73. The molecule has 1 aliphatic carbocycles. The van der Waals surface area contributed by atoms with Crippen LogP contribution in [0.4, 0.5) is 0 Å². The topological polar surface area (TPSA) is 34.6 Å². The maximum atomic E-state index is 4.61. The number of hydrogen-bond acceptors (Lipinski definition) is 1. The molecular weight excluding hydrogens is 488 g/mol. The van der Waals surface area contributed by atoms with E-state index in [-0.39, 0.29) is 5.41 Å². The fraction of sp³-hybridized carbons (Fsp3) is 0.111. The number of aromatic nitrogens is 2. The second-order valence-corrected chi connectivity index (χ2v) is 11.1. The number of hydrogen-bond donors (Lipinski definition) is 0. The first kappa shape index (κ1) is 23.0. The van der Waals surface area contributed by atoms with Gasteiger partial charge in [0.15, 0.2) is 0 Å². The minimum absolute atomic E-state index is 0.173. The average molecular weight is 517 g/mol. The molecule has 0 aliphatic heterocycles. The van der Waals surface area contributed by atoms with E-state index in [1.54, 1.807) is 7.05 Å². The van der Waals surface area contributed by atoms with Crippen molar-refractivity contribution >= 4 is 56.3 Å². The van der Waals surface area contributed by atoms with Crippen molar-refractivity contribution in [1.82, 2.24) is 9.13 Å². The van der Waals surface area contributed by atoms with Gasteiger partial charge in [-0.15, -0.1) is 0 Å². The molecule has 192 valence electrons. The summed E-state index contributed by atoms with van der Waals surface area (Å²) in [4.78, 5) is 9.03. The third-order valence-electron chi connectivity index (χ3n) is 8.81. The molecule has 0 N–H and O–H groups in total. The number of aliphatic imine (C=N–C) groups is 2. The highest BCUT2D eigenvalue weighted by atomic mass is 15.2. The standard InChI is InChI=1S/C36H28N4/c1-36(2)29-14-8-5-11-23(29)27-19-20-28-26-18-17-22(21-32(26)40(34(28)33(27)36)35(37-3)38-4)39-30-15-9-6-12-24(30)25-13-7-10-16-31(25)39/h5-21H,3H2,1-2,4H3/b38-35+. The van der Waals surface area contributed by atoms with E-state index in [0.717, 1.165) is 16.7 Å². The monoisotopic (exact) mass is 516 g/mol. The Balaban J connectivity index is 1.52. The lowest BCUT2D eigenvalue weighted by Crippen LogP contribution is -2.18. The van der Waals surface area contributed by atoms with E-state index in [2.05, 4.69) is 143 Å². The molecule has 0 unspecified atom stereocenters. The molecule has 4 nitrogen and oxygen atoms in total. The molecule has 0 bridgehead atoms. The van der Waals surface area contributed by atoms with Gasteiger partial charge in [-0.1, -0.05) is 92.7 Å². The van der Waals surface area contributed by atoms with Crippen molar-refractivity contribution in [3.8, 4) is 16.8 Å². The van der Waals surface area contributed by atoms with Crippen LogP contribution in [0.3, 0.4) is 0 Å². The summed E-state index contributed by atoms with van der Waals surface area (Å²) in [7, 11) is 1.79. The van der Waals surface area contributed by atoms with E-state index >= 15 is 0 Å². The lowest BCUT2D eigenvalue weighted by atomic mass is 9.81. The molecule has 0 saturated carbocycles. The van der Waals surface area contributed by atoms with Crippen LogP contribution in [0.1, 0.15) is 25.0 Å². The number of fused-ring (bicyclic) bond motifs is 10. The summed E-state index contributed by atoms with van der Waals surface area (Å²) < 4.78 is 4.59. The van der Waals surface area contributed by atoms with Crippen LogP contribution in [0.5, 0.6) is 0 Å². The Morgan fingerprint density at radius 2 is 1.30 bits per heavy atom. The van der Waals surface area contributed by atoms with Gasteiger partial charge in [0.2, 0.25) is 5.96 Å². The van der Waals surface area contributed by atoms with Gasteiger partial charge in [-0.2, -0.15) is 0 Å². The minimum Gasteiger partial charge on any atom is -0.309 e. The Bertz CT molecular complexity index is 2170. The fourth-order valence-electron chi connectivity index (χ4n) is 7.14. The Hall–Kier alpha value is -4.96. The maximum Gasteiger partial charge on any atom is 0.229 e. The molecule has 0 fully saturated rings. The Morgan fingerprint density at radius 3 is 2.00 bits per heavy atom. The maximum absolute atomic E-state index is 4.61. The zero-order valence-electron chi connectivity index (χ0n) is 22.8. The van der Waals surface area contributed by atoms with E-state index < -0.39 is 0 Å². The first-order chi connectivity index (χ1) is 19.5. The van der Waals surface area contributed by atoms with Gasteiger partial charge in [-0.3, -0.25) is 9.56 Å². The van der Waals surface area contributed by atoms with Crippen LogP contribution in [-0.2, 0) is 5.41 Å². The SMILES string of the molecule is C=N/C(=N\C)n1c2cc(-n3c4ccccc4c4ccccc43)ccc2c2ccc3c(c21)C(C)(C)c1ccccc1-3. The van der Waals surface area contributed by atoms with Gasteiger partial charge in [-0.05, 0) is 53.2 Å². The molecule has 0 saturated heterocycles. The van der Waals surface area contributed by atoms with Gasteiger partial charge >= 0.3 is 0 Å². The van der Waals surface area contributed by atoms with Crippen LogP contribution in [0, 0.1) is 0 Å². The smallest absolute Gasteiger partial charge is 0.229 e. The molecule has 4 heteroatoms. The van der Waals surface area contributed by atoms with Crippen molar-refractivity contribution < 1.29 is 0 Å². The number of nitrogens with zero attached hydrogens (tertiary/aromatic N) is 4. The van der Waals surface area contributed by atoms with E-state index in [1.165, 1.54) is 54.8 Å². The molecule has 40 heavy (non-hydrogen) atoms. The third-order valence-corrected chi connectivity index (χ3v) is 8.81. The first-order valence-corrected chi connectivity index (χ1v) is 13.7. The van der Waals surface area contributed by atoms with Crippen molar-refractivity contribution in [2.75, 3.05) is 7.05 Å². The molecule has 0 radical (unpaired) electrons. The summed E-state index contributed by atoms with van der Waals surface area (Å²) in [6.07, 6.45) is 0. The molecule has 5 aromatic carbocycles. The molecule has 7 aromatic rings. The van der Waals surface area contributed by atoms with E-state index in [9.17, 15) is 0 Å². The first-order valence-electron chi connectivity index (χ1n) is 13.7. The van der Waals surface area contributed by atoms with E-state index in [1.807, 2.05) is 0 Å². The zero-order chi connectivity index (χ0) is 27.2. The molecule has 1 aliphatic rings. The second kappa shape index (κ2) is 8.03. The minimum atomic E-state index is -0.173. The van der Waals surface area contributed by atoms with Crippen molar-refractivity contribution in [2.45, 2.75) is 19.3 Å². The summed E-state index contributed by atoms with van der Waals surface area (Å²) in [6, 6.07) is 37.4. The van der Waals surface area contributed by atoms with Crippen LogP contribution in [-0.4, -0.2) is 28.9 Å². The number of rotatable bonds is 1. The Labute approximate surface area is 232 Å². The summed E-state index contributed by atoms with van der Waals surface area (Å²) in [5.41, 5.74) is 10.8. The van der Waals surface area contributed by atoms with Crippen LogP contribution in [0.15, 0.2) is 113 Å². The largest absolute Gasteiger partial charge is 0.309 e. The summed E-state index contributed by atoms with van der Waals surface area (Å²) in [5.74, 6) is 0.597. The van der Waals surface area contributed by atoms with E-state index in [0.29, 0.717) is 5.96 Å². The lowest BCUT2D eigenvalue weighted by Gasteiger charge is -2.23. The van der Waals surface area contributed by atoms with Gasteiger partial charge < -0.3 is 4.57 Å². The van der Waals surface area contributed by atoms with E-state index in [4.69, 9.17) is 0 Å². The second-order valence-electron chi connectivity index (χ2n) is 11.1. The number of para-hydroxylation sites is 2. The highest BCUT2D eigenvalue weighted by molar-refractivity contribution is 6.18. The predicted molar refractivity (Wildman–Crippen MR) is 170 cm³/mol. The Morgan fingerprint density at radius 1 is 0.675 bits per heavy atom.